The Morgan fingerprint density at radius 2 is 1.67 bits per heavy atom. The largest absolute Gasteiger partial charge is 0.433 e. The van der Waals surface area contributed by atoms with Crippen molar-refractivity contribution in [2.75, 3.05) is 6.61 Å². The summed E-state index contributed by atoms with van der Waals surface area (Å²) in [5, 5.41) is 18.1. The Morgan fingerprint density at radius 1 is 1.03 bits per heavy atom. The van der Waals surface area contributed by atoms with E-state index in [1.807, 2.05) is 0 Å². The van der Waals surface area contributed by atoms with Crippen molar-refractivity contribution in [1.29, 1.82) is 0 Å². The lowest BCUT2D eigenvalue weighted by Gasteiger charge is -2.29. The average Bonchev–Trinajstić information content (AvgIpc) is 3.21. The molecule has 2 heterocycles. The number of aromatic nitrogens is 1. The van der Waals surface area contributed by atoms with E-state index in [4.69, 9.17) is 14.9 Å². The average molecular weight is 431 g/mol. The number of nitrogens with zero attached hydrogens (tertiary/aromatic N) is 1. The molecule has 3 atom stereocenters. The van der Waals surface area contributed by atoms with Gasteiger partial charge in [-0.15, -0.1) is 0 Å². The molecule has 1 saturated heterocycles. The summed E-state index contributed by atoms with van der Waals surface area (Å²) in [5.41, 5.74) is 1.95. The van der Waals surface area contributed by atoms with Crippen LogP contribution in [0.2, 0.25) is 0 Å². The van der Waals surface area contributed by atoms with Gasteiger partial charge in [0.1, 0.15) is 11.8 Å². The van der Waals surface area contributed by atoms with Gasteiger partial charge < -0.3 is 14.9 Å². The first kappa shape index (κ1) is 24.0. The number of alkyl halides is 3. The number of hydrogen-bond donors (Lipinski definition) is 2. The van der Waals surface area contributed by atoms with Crippen molar-refractivity contribution in [1.82, 2.24) is 4.98 Å². The summed E-state index contributed by atoms with van der Waals surface area (Å²) in [6.45, 7) is 2.31. The molecule has 2 aromatic rings. The highest BCUT2D eigenvalue weighted by Crippen LogP contribution is 2.28. The van der Waals surface area contributed by atoms with Gasteiger partial charge >= 0.3 is 6.18 Å². The van der Waals surface area contributed by atoms with Crippen molar-refractivity contribution in [3.63, 3.8) is 0 Å². The number of ether oxygens (including phenoxy) is 1. The van der Waals surface area contributed by atoms with Gasteiger partial charge in [-0.25, -0.2) is 4.98 Å². The molecule has 2 aliphatic rings. The predicted octanol–water partition coefficient (Wildman–Crippen LogP) is 4.06. The summed E-state index contributed by atoms with van der Waals surface area (Å²) in [4.78, 5) is 5.88. The van der Waals surface area contributed by atoms with Gasteiger partial charge in [0.2, 0.25) is 0 Å². The number of aliphatic hydroxyl groups is 2. The first-order valence-electron chi connectivity index (χ1n) is 9.59. The monoisotopic (exact) mass is 431 g/mol. The predicted molar refractivity (Wildman–Crippen MR) is 101 cm³/mol. The molecule has 30 heavy (non-hydrogen) atoms. The molecule has 0 spiro atoms. The number of pyridine rings is 1. The highest BCUT2D eigenvalue weighted by atomic mass is 19.4. The van der Waals surface area contributed by atoms with Gasteiger partial charge in [-0.2, -0.15) is 13.2 Å². The van der Waals surface area contributed by atoms with Crippen LogP contribution in [0.1, 0.15) is 36.6 Å². The molecule has 0 bridgehead atoms. The zero-order valence-corrected chi connectivity index (χ0v) is 16.5. The molecule has 1 aromatic heterocycles. The van der Waals surface area contributed by atoms with Gasteiger partial charge in [0, 0.05) is 17.2 Å². The minimum atomic E-state index is -4.57. The van der Waals surface area contributed by atoms with Crippen molar-refractivity contribution in [3.8, 4) is 5.88 Å². The maximum atomic E-state index is 11.9. The van der Waals surface area contributed by atoms with Gasteiger partial charge in [0.15, 0.2) is 0 Å². The molecule has 1 aromatic carbocycles. The van der Waals surface area contributed by atoms with Crippen LogP contribution >= 0.6 is 0 Å². The highest BCUT2D eigenvalue weighted by Gasteiger charge is 2.32. The summed E-state index contributed by atoms with van der Waals surface area (Å²) in [6, 6.07) is 11.4. The van der Waals surface area contributed by atoms with Crippen molar-refractivity contribution < 1.29 is 37.6 Å². The number of rotatable bonds is 1. The summed E-state index contributed by atoms with van der Waals surface area (Å²) < 4.78 is 52.0. The molecule has 0 radical (unpaired) electrons. The Kier molecular flexibility index (Phi) is 9.01. The van der Waals surface area contributed by atoms with Crippen LogP contribution in [0.15, 0.2) is 42.5 Å². The highest BCUT2D eigenvalue weighted by molar-refractivity contribution is 5.30. The normalized spacial score (nSPS) is 22.7. The third-order valence-electron chi connectivity index (χ3n) is 4.77. The smallest absolute Gasteiger partial charge is 0.390 e. The van der Waals surface area contributed by atoms with Crippen LogP contribution in [0.5, 0.6) is 5.88 Å². The molecule has 4 rings (SSSR count). The lowest BCUT2D eigenvalue weighted by Crippen LogP contribution is -2.42. The first-order chi connectivity index (χ1) is 14.2. The van der Waals surface area contributed by atoms with E-state index in [1.54, 1.807) is 18.1 Å². The minimum Gasteiger partial charge on any atom is -0.390 e. The summed E-state index contributed by atoms with van der Waals surface area (Å²) in [6.07, 6.45) is -1.56. The lowest BCUT2D eigenvalue weighted by molar-refractivity contribution is -0.142. The van der Waals surface area contributed by atoms with E-state index in [0.29, 0.717) is 13.0 Å². The number of aliphatic hydroxyl groups excluding tert-OH is 2. The molecule has 5 nitrogen and oxygen atoms in total. The van der Waals surface area contributed by atoms with Crippen molar-refractivity contribution >= 4 is 0 Å². The number of hydrogen-bond acceptors (Lipinski definition) is 5. The topological polar surface area (TPSA) is 71.8 Å². The molecule has 1 fully saturated rings. The second kappa shape index (κ2) is 11.2. The third-order valence-corrected chi connectivity index (χ3v) is 4.77. The SMILES string of the molecule is CC1OCCC(O)C1O.FOc1cccc(C(F)(F)F)n1.c1ccc2c(c1)CCC2. The molecule has 2 N–H and O–H groups in total. The van der Waals surface area contributed by atoms with Crippen LogP contribution in [0, 0.1) is 0 Å². The molecule has 1 aliphatic heterocycles. The van der Waals surface area contributed by atoms with Gasteiger partial charge in [-0.1, -0.05) is 30.3 Å². The van der Waals surface area contributed by atoms with Crippen LogP contribution in [0.3, 0.4) is 0 Å². The molecule has 3 unspecified atom stereocenters. The zero-order valence-electron chi connectivity index (χ0n) is 16.5. The van der Waals surface area contributed by atoms with Gasteiger partial charge in [-0.05, 0) is 49.8 Å². The van der Waals surface area contributed by atoms with Crippen LogP contribution in [-0.4, -0.2) is 40.1 Å². The van der Waals surface area contributed by atoms with E-state index < -0.39 is 30.0 Å². The maximum absolute atomic E-state index is 11.9. The fourth-order valence-electron chi connectivity index (χ4n) is 3.09. The molecular weight excluding hydrogens is 406 g/mol. The molecule has 0 saturated carbocycles. The Labute approximate surface area is 172 Å². The van der Waals surface area contributed by atoms with Crippen LogP contribution in [0.25, 0.3) is 0 Å². The maximum Gasteiger partial charge on any atom is 0.433 e. The Bertz CT molecular complexity index is 755. The number of halogens is 4. The summed E-state index contributed by atoms with van der Waals surface area (Å²) >= 11 is 0. The molecule has 1 aliphatic carbocycles. The van der Waals surface area contributed by atoms with Crippen molar-refractivity contribution in [3.05, 3.63) is 59.3 Å². The second-order valence-electron chi connectivity index (χ2n) is 6.98. The molecule has 0 amide bonds. The standard InChI is InChI=1S/C9H10.C6H3F4NO.C6H12O3/c1-2-5-9-7-3-6-8(9)4-1;7-6(8,9)4-2-1-3-5(11-4)12-10;1-4-6(8)5(7)2-3-9-4/h1-2,4-5H,3,6-7H2;1-3H;4-8H,2-3H2,1H3. The Hall–Kier alpha value is -2.23. The van der Waals surface area contributed by atoms with Gasteiger partial charge in [-0.3, -0.25) is 4.94 Å². The molecule has 9 heteroatoms. The van der Waals surface area contributed by atoms with Crippen LogP contribution in [0.4, 0.5) is 17.7 Å². The fourth-order valence-corrected chi connectivity index (χ4v) is 3.09. The van der Waals surface area contributed by atoms with Gasteiger partial charge in [0.05, 0.1) is 12.2 Å². The van der Waals surface area contributed by atoms with Crippen LogP contribution in [-0.2, 0) is 23.8 Å². The third kappa shape index (κ3) is 7.23. The van der Waals surface area contributed by atoms with Gasteiger partial charge in [0.25, 0.3) is 5.88 Å². The number of aryl methyl sites for hydroxylation is 2. The summed E-state index contributed by atoms with van der Waals surface area (Å²) in [5.74, 6) is -0.704. The van der Waals surface area contributed by atoms with Crippen LogP contribution < -0.4 is 4.94 Å². The minimum absolute atomic E-state index is 0.214. The first-order valence-corrected chi connectivity index (χ1v) is 9.59. The van der Waals surface area contributed by atoms with E-state index >= 15 is 0 Å². The van der Waals surface area contributed by atoms with E-state index in [-0.39, 0.29) is 6.10 Å². The lowest BCUT2D eigenvalue weighted by atomic mass is 10.0. The second-order valence-corrected chi connectivity index (χ2v) is 6.98. The van der Waals surface area contributed by atoms with Crippen molar-refractivity contribution in [2.45, 2.75) is 57.1 Å². The van der Waals surface area contributed by atoms with E-state index in [1.165, 1.54) is 19.3 Å². The number of fused-ring (bicyclic) bond motifs is 1. The van der Waals surface area contributed by atoms with Crippen molar-refractivity contribution in [2.24, 2.45) is 0 Å². The van der Waals surface area contributed by atoms with E-state index in [0.717, 1.165) is 18.2 Å². The molecular formula is C21H25F4NO4. The quantitative estimate of drug-likeness (QED) is 0.667. The van der Waals surface area contributed by atoms with E-state index in [9.17, 15) is 17.7 Å². The number of benzene rings is 1. The summed E-state index contributed by atoms with van der Waals surface area (Å²) in [7, 11) is 0. The Balaban J connectivity index is 0.000000162. The Morgan fingerprint density at radius 3 is 2.17 bits per heavy atom. The molecule has 166 valence electrons. The fraction of sp³-hybridized carbons (Fsp3) is 0.476. The van der Waals surface area contributed by atoms with E-state index in [2.05, 4.69) is 34.2 Å². The zero-order chi connectivity index (χ0) is 22.1.